The monoisotopic (exact) mass is 419 g/mol. The third kappa shape index (κ3) is 5.10. The molecule has 1 N–H and O–H groups in total. The van der Waals surface area contributed by atoms with E-state index in [0.717, 1.165) is 42.1 Å². The van der Waals surface area contributed by atoms with E-state index < -0.39 is 6.10 Å². The quantitative estimate of drug-likeness (QED) is 0.361. The van der Waals surface area contributed by atoms with Crippen LogP contribution in [0.5, 0.6) is 0 Å². The zero-order chi connectivity index (χ0) is 20.1. The molecule has 1 aliphatic rings. The highest BCUT2D eigenvalue weighted by Gasteiger charge is 2.26. The highest BCUT2D eigenvalue weighted by Crippen LogP contribution is 2.43. The Morgan fingerprint density at radius 2 is 1.64 bits per heavy atom. The fourth-order valence-corrected chi connectivity index (χ4v) is 4.62. The van der Waals surface area contributed by atoms with Gasteiger partial charge in [0.1, 0.15) is 0 Å². The predicted molar refractivity (Wildman–Crippen MR) is 121 cm³/mol. The Balaban J connectivity index is 1.85. The fourth-order valence-electron chi connectivity index (χ4n) is 4.18. The van der Waals surface area contributed by atoms with Crippen molar-refractivity contribution in [1.29, 1.82) is 0 Å². The molecule has 3 rings (SSSR count). The van der Waals surface area contributed by atoms with Crippen LogP contribution in [0.2, 0.25) is 10.0 Å². The Morgan fingerprint density at radius 3 is 2.39 bits per heavy atom. The lowest BCUT2D eigenvalue weighted by Gasteiger charge is -2.26. The molecule has 0 aromatic heterocycles. The van der Waals surface area contributed by atoms with Crippen molar-refractivity contribution in [3.05, 3.63) is 57.1 Å². The molecule has 2 aromatic carbocycles. The van der Waals surface area contributed by atoms with Crippen LogP contribution in [0.25, 0.3) is 11.1 Å². The standard InChI is InChI=1S/C24H31Cl2NO/c1-3-5-7-11-27(10-6-4-2)16-23(28)22-15-20(26)14-18-12-17-13-19(25)8-9-21(17)24(18)22/h8-9,13-15,23,28H,3-7,10-12,16H2,1-2H3. The molecule has 4 heteroatoms. The number of nitrogens with zero attached hydrogens (tertiary/aromatic N) is 1. The molecule has 28 heavy (non-hydrogen) atoms. The van der Waals surface area contributed by atoms with Crippen LogP contribution < -0.4 is 0 Å². The Kier molecular flexibility index (Phi) is 7.82. The zero-order valence-corrected chi connectivity index (χ0v) is 18.5. The first-order valence-corrected chi connectivity index (χ1v) is 11.3. The van der Waals surface area contributed by atoms with Gasteiger partial charge in [-0.2, -0.15) is 0 Å². The van der Waals surface area contributed by atoms with Crippen molar-refractivity contribution in [2.75, 3.05) is 19.6 Å². The number of unbranched alkanes of at least 4 members (excludes halogenated alkanes) is 3. The number of rotatable bonds is 10. The molecule has 152 valence electrons. The maximum absolute atomic E-state index is 11.2. The highest BCUT2D eigenvalue weighted by atomic mass is 35.5. The Labute approximate surface area is 179 Å². The van der Waals surface area contributed by atoms with Gasteiger partial charge < -0.3 is 10.0 Å². The van der Waals surface area contributed by atoms with E-state index in [2.05, 4.69) is 24.8 Å². The molecule has 0 bridgehead atoms. The second-order valence-electron chi connectivity index (χ2n) is 7.88. The van der Waals surface area contributed by atoms with Crippen molar-refractivity contribution in [3.63, 3.8) is 0 Å². The minimum atomic E-state index is -0.549. The molecule has 0 amide bonds. The highest BCUT2D eigenvalue weighted by molar-refractivity contribution is 6.31. The van der Waals surface area contributed by atoms with E-state index in [9.17, 15) is 5.11 Å². The number of fused-ring (bicyclic) bond motifs is 3. The number of hydrogen-bond donors (Lipinski definition) is 1. The van der Waals surface area contributed by atoms with Crippen LogP contribution >= 0.6 is 23.2 Å². The summed E-state index contributed by atoms with van der Waals surface area (Å²) in [5.74, 6) is 0. The van der Waals surface area contributed by atoms with E-state index in [1.165, 1.54) is 42.4 Å². The first-order chi connectivity index (χ1) is 13.5. The third-order valence-corrected chi connectivity index (χ3v) is 6.08. The maximum atomic E-state index is 11.2. The zero-order valence-electron chi connectivity index (χ0n) is 17.0. The second-order valence-corrected chi connectivity index (χ2v) is 8.76. The van der Waals surface area contributed by atoms with Crippen molar-refractivity contribution < 1.29 is 5.11 Å². The second kappa shape index (κ2) is 10.1. The summed E-state index contributed by atoms with van der Waals surface area (Å²) in [6.07, 6.45) is 6.23. The summed E-state index contributed by atoms with van der Waals surface area (Å²) in [4.78, 5) is 2.41. The van der Waals surface area contributed by atoms with Crippen LogP contribution in [0.15, 0.2) is 30.3 Å². The summed E-state index contributed by atoms with van der Waals surface area (Å²) >= 11 is 12.6. The summed E-state index contributed by atoms with van der Waals surface area (Å²) in [5, 5.41) is 12.6. The fraction of sp³-hybridized carbons (Fsp3) is 0.500. The molecule has 2 aromatic rings. The molecular weight excluding hydrogens is 389 g/mol. The van der Waals surface area contributed by atoms with Gasteiger partial charge in [-0.1, -0.05) is 62.4 Å². The third-order valence-electron chi connectivity index (χ3n) is 5.63. The topological polar surface area (TPSA) is 23.5 Å². The molecule has 1 aliphatic carbocycles. The number of aliphatic hydroxyl groups excluding tert-OH is 1. The van der Waals surface area contributed by atoms with Crippen LogP contribution in [0.3, 0.4) is 0 Å². The summed E-state index contributed by atoms with van der Waals surface area (Å²) in [6.45, 7) is 7.17. The van der Waals surface area contributed by atoms with Crippen LogP contribution in [0.1, 0.15) is 68.7 Å². The first kappa shape index (κ1) is 21.6. The number of aliphatic hydroxyl groups is 1. The average Bonchev–Trinajstić information content (AvgIpc) is 3.02. The van der Waals surface area contributed by atoms with Crippen molar-refractivity contribution in [1.82, 2.24) is 4.90 Å². The van der Waals surface area contributed by atoms with Gasteiger partial charge in [-0.25, -0.2) is 0 Å². The molecule has 0 saturated carbocycles. The van der Waals surface area contributed by atoms with Crippen molar-refractivity contribution >= 4 is 23.2 Å². The Hall–Kier alpha value is -1.06. The van der Waals surface area contributed by atoms with Gasteiger partial charge in [0.05, 0.1) is 6.10 Å². The van der Waals surface area contributed by atoms with E-state index in [-0.39, 0.29) is 0 Å². The molecule has 1 atom stereocenters. The van der Waals surface area contributed by atoms with E-state index in [0.29, 0.717) is 11.6 Å². The van der Waals surface area contributed by atoms with E-state index in [4.69, 9.17) is 23.2 Å². The summed E-state index contributed by atoms with van der Waals surface area (Å²) in [6, 6.07) is 10.00. The average molecular weight is 420 g/mol. The van der Waals surface area contributed by atoms with Gasteiger partial charge >= 0.3 is 0 Å². The van der Waals surface area contributed by atoms with Crippen LogP contribution in [0, 0.1) is 0 Å². The molecule has 0 fully saturated rings. The summed E-state index contributed by atoms with van der Waals surface area (Å²) in [5.41, 5.74) is 5.67. The van der Waals surface area contributed by atoms with Crippen LogP contribution in [0.4, 0.5) is 0 Å². The molecule has 0 aliphatic heterocycles. The summed E-state index contributed by atoms with van der Waals surface area (Å²) < 4.78 is 0. The molecule has 0 spiro atoms. The largest absolute Gasteiger partial charge is 0.387 e. The lowest BCUT2D eigenvalue weighted by molar-refractivity contribution is 0.111. The van der Waals surface area contributed by atoms with Gasteiger partial charge in [0, 0.05) is 16.6 Å². The SMILES string of the molecule is CCCCCN(CCCC)CC(O)c1cc(Cl)cc2c1-c1ccc(Cl)cc1C2. The molecule has 2 nitrogen and oxygen atoms in total. The van der Waals surface area contributed by atoms with Crippen molar-refractivity contribution in [2.45, 2.75) is 58.5 Å². The number of hydrogen-bond acceptors (Lipinski definition) is 2. The first-order valence-electron chi connectivity index (χ1n) is 10.5. The van der Waals surface area contributed by atoms with Crippen molar-refractivity contribution in [2.24, 2.45) is 0 Å². The molecular formula is C24H31Cl2NO. The van der Waals surface area contributed by atoms with Gasteiger partial charge in [-0.05, 0) is 84.4 Å². The van der Waals surface area contributed by atoms with E-state index in [1.807, 2.05) is 24.3 Å². The van der Waals surface area contributed by atoms with Gasteiger partial charge in [0.25, 0.3) is 0 Å². The minimum absolute atomic E-state index is 0.549. The molecule has 1 unspecified atom stereocenters. The summed E-state index contributed by atoms with van der Waals surface area (Å²) in [7, 11) is 0. The van der Waals surface area contributed by atoms with E-state index in [1.54, 1.807) is 0 Å². The minimum Gasteiger partial charge on any atom is -0.387 e. The number of benzene rings is 2. The Morgan fingerprint density at radius 1 is 0.929 bits per heavy atom. The van der Waals surface area contributed by atoms with Gasteiger partial charge in [0.15, 0.2) is 0 Å². The number of halogens is 2. The molecule has 0 saturated heterocycles. The van der Waals surface area contributed by atoms with Crippen LogP contribution in [-0.4, -0.2) is 29.6 Å². The maximum Gasteiger partial charge on any atom is 0.0923 e. The molecule has 0 radical (unpaired) electrons. The Bertz CT molecular complexity index is 805. The van der Waals surface area contributed by atoms with Crippen molar-refractivity contribution in [3.8, 4) is 11.1 Å². The van der Waals surface area contributed by atoms with Gasteiger partial charge in [-0.3, -0.25) is 0 Å². The molecule has 0 heterocycles. The van der Waals surface area contributed by atoms with Gasteiger partial charge in [-0.15, -0.1) is 0 Å². The normalized spacial score (nSPS) is 13.6. The predicted octanol–water partition coefficient (Wildman–Crippen LogP) is 6.89. The lowest BCUT2D eigenvalue weighted by atomic mass is 9.95. The van der Waals surface area contributed by atoms with E-state index >= 15 is 0 Å². The van der Waals surface area contributed by atoms with Crippen LogP contribution in [-0.2, 0) is 6.42 Å². The smallest absolute Gasteiger partial charge is 0.0923 e. The van der Waals surface area contributed by atoms with Gasteiger partial charge in [0.2, 0.25) is 0 Å². The lowest BCUT2D eigenvalue weighted by Crippen LogP contribution is -2.31.